The fraction of sp³-hybridized carbons (Fsp3) is 0.267. The van der Waals surface area contributed by atoms with E-state index in [0.717, 1.165) is 5.01 Å². The van der Waals surface area contributed by atoms with Gasteiger partial charge < -0.3 is 0 Å². The molecule has 1 aromatic carbocycles. The maximum absolute atomic E-state index is 12.2. The molecule has 0 spiro atoms. The van der Waals surface area contributed by atoms with Crippen LogP contribution in [0.3, 0.4) is 0 Å². The van der Waals surface area contributed by atoms with Crippen molar-refractivity contribution in [3.05, 3.63) is 47.7 Å². The predicted octanol–water partition coefficient (Wildman–Crippen LogP) is 1.70. The number of hydrogen-bond acceptors (Lipinski definition) is 4. The first-order valence-corrected chi connectivity index (χ1v) is 6.42. The Morgan fingerprint density at radius 1 is 1.15 bits per heavy atom. The van der Waals surface area contributed by atoms with Crippen LogP contribution in [0.25, 0.3) is 0 Å². The number of carbonyl (C=O) groups excluding carboxylic acids is 3. The Balaban J connectivity index is 0.000000956. The number of hydrazine groups is 1. The Morgan fingerprint density at radius 3 is 2.25 bits per heavy atom. The Kier molecular flexibility index (Phi) is 5.34. The molecule has 1 amide bonds. The van der Waals surface area contributed by atoms with Gasteiger partial charge in [-0.05, 0) is 6.92 Å². The summed E-state index contributed by atoms with van der Waals surface area (Å²) in [5, 5.41) is 0.794. The summed E-state index contributed by atoms with van der Waals surface area (Å²) in [7, 11) is 0. The van der Waals surface area contributed by atoms with Gasteiger partial charge in [-0.2, -0.15) is 0 Å². The molecule has 20 heavy (non-hydrogen) atoms. The first-order chi connectivity index (χ1) is 9.52. The summed E-state index contributed by atoms with van der Waals surface area (Å²) in [5.74, 6) is 2.38. The average Bonchev–Trinajstić information content (AvgIpc) is 2.48. The first kappa shape index (κ1) is 15.8. The predicted molar refractivity (Wildman–Crippen MR) is 75.4 cm³/mol. The molecule has 0 radical (unpaired) electrons. The summed E-state index contributed by atoms with van der Waals surface area (Å²) in [6.07, 6.45) is 1.24. The van der Waals surface area contributed by atoms with E-state index in [1.165, 1.54) is 13.1 Å². The van der Waals surface area contributed by atoms with Gasteiger partial charge in [-0.1, -0.05) is 44.2 Å². The molecule has 1 aromatic rings. The van der Waals surface area contributed by atoms with E-state index >= 15 is 0 Å². The molecule has 0 saturated heterocycles. The van der Waals surface area contributed by atoms with Crippen molar-refractivity contribution in [3.8, 4) is 0 Å². The zero-order valence-corrected chi connectivity index (χ0v) is 11.8. The van der Waals surface area contributed by atoms with Crippen molar-refractivity contribution in [2.24, 2.45) is 11.8 Å². The quantitative estimate of drug-likeness (QED) is 0.385. The number of ketones is 2. The molecule has 0 saturated carbocycles. The van der Waals surface area contributed by atoms with E-state index in [0.29, 0.717) is 11.1 Å². The van der Waals surface area contributed by atoms with Crippen LogP contribution in [0.5, 0.6) is 0 Å². The van der Waals surface area contributed by atoms with E-state index in [4.69, 9.17) is 5.84 Å². The normalized spacial score (nSPS) is 18.1. The van der Waals surface area contributed by atoms with Crippen molar-refractivity contribution in [1.29, 1.82) is 0 Å². The van der Waals surface area contributed by atoms with E-state index in [-0.39, 0.29) is 0 Å². The van der Waals surface area contributed by atoms with Crippen LogP contribution in [0.4, 0.5) is 0 Å². The molecule has 2 N–H and O–H groups in total. The topological polar surface area (TPSA) is 80.5 Å². The van der Waals surface area contributed by atoms with Crippen molar-refractivity contribution < 1.29 is 14.4 Å². The number of amides is 1. The minimum Gasteiger partial charge on any atom is -0.293 e. The summed E-state index contributed by atoms with van der Waals surface area (Å²) in [4.78, 5) is 35.9. The second kappa shape index (κ2) is 6.77. The molecule has 1 aliphatic heterocycles. The number of Topliss-reactive ketones (excluding diaryl/α,β-unsaturated/α-hetero) is 2. The van der Waals surface area contributed by atoms with E-state index in [1.54, 1.807) is 30.3 Å². The lowest BCUT2D eigenvalue weighted by Crippen LogP contribution is -2.48. The van der Waals surface area contributed by atoms with Gasteiger partial charge >= 0.3 is 0 Å². The van der Waals surface area contributed by atoms with Crippen LogP contribution >= 0.6 is 0 Å². The molecule has 1 heterocycles. The maximum atomic E-state index is 12.2. The molecule has 106 valence electrons. The number of hydrogen-bond donors (Lipinski definition) is 1. The van der Waals surface area contributed by atoms with Crippen LogP contribution in [0.15, 0.2) is 42.1 Å². The Bertz CT molecular complexity index is 549. The van der Waals surface area contributed by atoms with Crippen LogP contribution in [0.1, 0.15) is 31.1 Å². The lowest BCUT2D eigenvalue weighted by Gasteiger charge is -2.24. The highest BCUT2D eigenvalue weighted by Crippen LogP contribution is 2.20. The smallest absolute Gasteiger partial charge is 0.259 e. The summed E-state index contributed by atoms with van der Waals surface area (Å²) < 4.78 is 0. The molecule has 5 nitrogen and oxygen atoms in total. The highest BCUT2D eigenvalue weighted by Gasteiger charge is 2.40. The standard InChI is InChI=1S/C13H12N2O3.C2H6/c1-8-7-15(14)13(18)10(11(8)16)12(17)9-5-3-2-4-6-9;1-2/h2-7,10H,14H2,1H3;1-2H3. The second-order valence-electron chi connectivity index (χ2n) is 4.09. The number of nitrogens with zero attached hydrogens (tertiary/aromatic N) is 1. The molecular weight excluding hydrogens is 256 g/mol. The molecule has 0 aromatic heterocycles. The number of benzene rings is 1. The third-order valence-electron chi connectivity index (χ3n) is 2.81. The van der Waals surface area contributed by atoms with Gasteiger partial charge in [-0.15, -0.1) is 0 Å². The van der Waals surface area contributed by atoms with E-state index in [1.807, 2.05) is 13.8 Å². The summed E-state index contributed by atoms with van der Waals surface area (Å²) >= 11 is 0. The highest BCUT2D eigenvalue weighted by molar-refractivity contribution is 6.28. The highest BCUT2D eigenvalue weighted by atomic mass is 16.2. The van der Waals surface area contributed by atoms with Gasteiger partial charge in [0, 0.05) is 17.3 Å². The minimum absolute atomic E-state index is 0.298. The maximum Gasteiger partial charge on any atom is 0.259 e. The molecule has 5 heteroatoms. The van der Waals surface area contributed by atoms with Crippen LogP contribution in [0, 0.1) is 5.92 Å². The average molecular weight is 274 g/mol. The Labute approximate surface area is 118 Å². The van der Waals surface area contributed by atoms with Gasteiger partial charge in [0.15, 0.2) is 17.5 Å². The first-order valence-electron chi connectivity index (χ1n) is 6.42. The number of rotatable bonds is 2. The summed E-state index contributed by atoms with van der Waals surface area (Å²) in [6.45, 7) is 5.53. The Hall–Kier alpha value is -2.27. The van der Waals surface area contributed by atoms with E-state index in [2.05, 4.69) is 0 Å². The number of allylic oxidation sites excluding steroid dienone is 1. The van der Waals surface area contributed by atoms with E-state index in [9.17, 15) is 14.4 Å². The van der Waals surface area contributed by atoms with Crippen LogP contribution < -0.4 is 5.84 Å². The van der Waals surface area contributed by atoms with Crippen LogP contribution in [-0.2, 0) is 9.59 Å². The molecule has 1 unspecified atom stereocenters. The number of nitrogens with two attached hydrogens (primary N) is 1. The second-order valence-corrected chi connectivity index (χ2v) is 4.09. The van der Waals surface area contributed by atoms with Crippen molar-refractivity contribution in [1.82, 2.24) is 5.01 Å². The van der Waals surface area contributed by atoms with Gasteiger partial charge in [0.1, 0.15) is 0 Å². The van der Waals surface area contributed by atoms with Crippen molar-refractivity contribution in [2.75, 3.05) is 0 Å². The fourth-order valence-electron chi connectivity index (χ4n) is 1.83. The van der Waals surface area contributed by atoms with Crippen molar-refractivity contribution in [2.45, 2.75) is 20.8 Å². The fourth-order valence-corrected chi connectivity index (χ4v) is 1.83. The monoisotopic (exact) mass is 274 g/mol. The SMILES string of the molecule is CC.CC1=CN(N)C(=O)C(C(=O)c2ccccc2)C1=O. The molecule has 0 fully saturated rings. The van der Waals surface area contributed by atoms with Gasteiger partial charge in [0.05, 0.1) is 0 Å². The molecular formula is C15H18N2O3. The van der Waals surface area contributed by atoms with Crippen LogP contribution in [-0.4, -0.2) is 22.5 Å². The largest absolute Gasteiger partial charge is 0.293 e. The van der Waals surface area contributed by atoms with Gasteiger partial charge in [-0.25, -0.2) is 5.84 Å². The minimum atomic E-state index is -1.36. The third kappa shape index (κ3) is 3.00. The van der Waals surface area contributed by atoms with Gasteiger partial charge in [0.2, 0.25) is 0 Å². The lowest BCUT2D eigenvalue weighted by atomic mass is 9.88. The Morgan fingerprint density at radius 2 is 1.70 bits per heavy atom. The molecule has 0 bridgehead atoms. The lowest BCUT2D eigenvalue weighted by molar-refractivity contribution is -0.137. The van der Waals surface area contributed by atoms with Crippen molar-refractivity contribution >= 4 is 17.5 Å². The van der Waals surface area contributed by atoms with Crippen molar-refractivity contribution in [3.63, 3.8) is 0 Å². The third-order valence-corrected chi connectivity index (χ3v) is 2.81. The molecule has 1 aliphatic rings. The zero-order chi connectivity index (χ0) is 15.3. The summed E-state index contributed by atoms with van der Waals surface area (Å²) in [5.41, 5.74) is 0.624. The molecule has 2 rings (SSSR count). The zero-order valence-electron chi connectivity index (χ0n) is 11.8. The molecule has 0 aliphatic carbocycles. The van der Waals surface area contributed by atoms with Crippen LogP contribution in [0.2, 0.25) is 0 Å². The van der Waals surface area contributed by atoms with Gasteiger partial charge in [-0.3, -0.25) is 19.4 Å². The molecule has 1 atom stereocenters. The van der Waals surface area contributed by atoms with E-state index < -0.39 is 23.4 Å². The number of carbonyl (C=O) groups is 3. The van der Waals surface area contributed by atoms with Gasteiger partial charge in [0.25, 0.3) is 5.91 Å². The summed E-state index contributed by atoms with van der Waals surface area (Å²) in [6, 6.07) is 8.23.